The Morgan fingerprint density at radius 3 is 2.25 bits per heavy atom. The lowest BCUT2D eigenvalue weighted by Gasteiger charge is -2.34. The molecule has 2 fully saturated rings. The van der Waals surface area contributed by atoms with Crippen molar-refractivity contribution in [3.8, 4) is 11.5 Å². The molecule has 0 atom stereocenters. The highest BCUT2D eigenvalue weighted by Crippen LogP contribution is 2.30. The van der Waals surface area contributed by atoms with E-state index >= 15 is 0 Å². The molecule has 0 heterocycles. The van der Waals surface area contributed by atoms with Gasteiger partial charge in [0.15, 0.2) is 5.11 Å². The normalized spacial score (nSPS) is 18.9. The second-order valence-electron chi connectivity index (χ2n) is 8.24. The number of ether oxygens (including phenoxy) is 2. The van der Waals surface area contributed by atoms with Crippen LogP contribution in [0.3, 0.4) is 0 Å². The summed E-state index contributed by atoms with van der Waals surface area (Å²) in [6, 6.07) is 7.14. The molecule has 1 aromatic carbocycles. The zero-order chi connectivity index (χ0) is 19.8. The number of hydrogen-bond acceptors (Lipinski definition) is 3. The standard InChI is InChI=1S/C23H36N2O2S/c1-26-21-15-14-18(22(16-21)27-2)17-25(20-12-8-9-13-20)23(28)24-19-10-6-4-3-5-7-11-19/h14-16,19-20H,3-13,17H2,1-2H3,(H,24,28). The maximum Gasteiger partial charge on any atom is 0.169 e. The molecule has 2 aliphatic carbocycles. The average molecular weight is 405 g/mol. The van der Waals surface area contributed by atoms with E-state index in [0.29, 0.717) is 12.1 Å². The van der Waals surface area contributed by atoms with Crippen LogP contribution in [0.5, 0.6) is 11.5 Å². The molecular formula is C23H36N2O2S. The van der Waals surface area contributed by atoms with Gasteiger partial charge in [0.25, 0.3) is 0 Å². The first-order chi connectivity index (χ1) is 13.7. The molecule has 5 heteroatoms. The van der Waals surface area contributed by atoms with Crippen LogP contribution < -0.4 is 14.8 Å². The lowest BCUT2D eigenvalue weighted by atomic mass is 9.97. The molecule has 0 spiro atoms. The van der Waals surface area contributed by atoms with Crippen molar-refractivity contribution >= 4 is 17.3 Å². The molecule has 4 nitrogen and oxygen atoms in total. The second-order valence-corrected chi connectivity index (χ2v) is 8.62. The van der Waals surface area contributed by atoms with Gasteiger partial charge in [-0.3, -0.25) is 0 Å². The Morgan fingerprint density at radius 2 is 1.61 bits per heavy atom. The van der Waals surface area contributed by atoms with Crippen molar-refractivity contribution in [2.75, 3.05) is 14.2 Å². The number of nitrogens with zero attached hydrogens (tertiary/aromatic N) is 1. The third kappa shape index (κ3) is 5.76. The number of hydrogen-bond donors (Lipinski definition) is 1. The molecule has 0 aliphatic heterocycles. The molecule has 156 valence electrons. The summed E-state index contributed by atoms with van der Waals surface area (Å²) in [5.74, 6) is 1.69. The molecule has 0 amide bonds. The van der Waals surface area contributed by atoms with Crippen LogP contribution in [0, 0.1) is 0 Å². The zero-order valence-corrected chi connectivity index (χ0v) is 18.4. The van der Waals surface area contributed by atoms with Crippen molar-refractivity contribution in [2.24, 2.45) is 0 Å². The van der Waals surface area contributed by atoms with Gasteiger partial charge in [0.1, 0.15) is 11.5 Å². The van der Waals surface area contributed by atoms with Gasteiger partial charge in [0.05, 0.1) is 14.2 Å². The van der Waals surface area contributed by atoms with E-state index in [2.05, 4.69) is 16.3 Å². The van der Waals surface area contributed by atoms with E-state index in [0.717, 1.165) is 28.7 Å². The van der Waals surface area contributed by atoms with Gasteiger partial charge in [-0.1, -0.05) is 44.9 Å². The fourth-order valence-corrected chi connectivity index (χ4v) is 4.99. The van der Waals surface area contributed by atoms with Crippen molar-refractivity contribution in [1.29, 1.82) is 0 Å². The molecular weight excluding hydrogens is 368 g/mol. The van der Waals surface area contributed by atoms with E-state index < -0.39 is 0 Å². The van der Waals surface area contributed by atoms with Gasteiger partial charge >= 0.3 is 0 Å². The summed E-state index contributed by atoms with van der Waals surface area (Å²) >= 11 is 5.95. The highest BCUT2D eigenvalue weighted by atomic mass is 32.1. The van der Waals surface area contributed by atoms with Gasteiger partial charge < -0.3 is 19.7 Å². The van der Waals surface area contributed by atoms with Gasteiger partial charge in [-0.25, -0.2) is 0 Å². The molecule has 2 aliphatic rings. The van der Waals surface area contributed by atoms with E-state index in [9.17, 15) is 0 Å². The predicted molar refractivity (Wildman–Crippen MR) is 119 cm³/mol. The minimum Gasteiger partial charge on any atom is -0.497 e. The zero-order valence-electron chi connectivity index (χ0n) is 17.5. The molecule has 3 rings (SSSR count). The molecule has 0 aromatic heterocycles. The topological polar surface area (TPSA) is 33.7 Å². The van der Waals surface area contributed by atoms with E-state index in [1.165, 1.54) is 70.6 Å². The average Bonchev–Trinajstić information content (AvgIpc) is 3.22. The molecule has 28 heavy (non-hydrogen) atoms. The molecule has 0 bridgehead atoms. The van der Waals surface area contributed by atoms with Crippen LogP contribution in [-0.2, 0) is 6.54 Å². The van der Waals surface area contributed by atoms with Crippen LogP contribution in [-0.4, -0.2) is 36.3 Å². The summed E-state index contributed by atoms with van der Waals surface area (Å²) in [7, 11) is 3.41. The minimum atomic E-state index is 0.523. The fraction of sp³-hybridized carbons (Fsp3) is 0.696. The number of thiocarbonyl (C=S) groups is 1. The Labute approximate surface area is 176 Å². The smallest absolute Gasteiger partial charge is 0.169 e. The first-order valence-electron chi connectivity index (χ1n) is 11.0. The van der Waals surface area contributed by atoms with Crippen LogP contribution in [0.4, 0.5) is 0 Å². The predicted octanol–water partition coefficient (Wildman–Crippen LogP) is 5.44. The molecule has 0 saturated heterocycles. The first kappa shape index (κ1) is 21.2. The Morgan fingerprint density at radius 1 is 0.964 bits per heavy atom. The van der Waals surface area contributed by atoms with Gasteiger partial charge in [-0.05, 0) is 50.0 Å². The van der Waals surface area contributed by atoms with Crippen LogP contribution in [0.25, 0.3) is 0 Å². The summed E-state index contributed by atoms with van der Waals surface area (Å²) in [6.45, 7) is 0.788. The van der Waals surface area contributed by atoms with Crippen LogP contribution in [0.1, 0.15) is 76.2 Å². The van der Waals surface area contributed by atoms with Crippen LogP contribution in [0.15, 0.2) is 18.2 Å². The summed E-state index contributed by atoms with van der Waals surface area (Å²) in [5.41, 5.74) is 1.16. The van der Waals surface area contributed by atoms with Gasteiger partial charge in [0.2, 0.25) is 0 Å². The SMILES string of the molecule is COc1ccc(CN(C(=S)NC2CCCCCCC2)C2CCCC2)c(OC)c1. The lowest BCUT2D eigenvalue weighted by molar-refractivity contribution is 0.289. The number of methoxy groups -OCH3 is 2. The van der Waals surface area contributed by atoms with Gasteiger partial charge in [-0.2, -0.15) is 0 Å². The monoisotopic (exact) mass is 404 g/mol. The van der Waals surface area contributed by atoms with Crippen molar-refractivity contribution in [1.82, 2.24) is 10.2 Å². The summed E-state index contributed by atoms with van der Waals surface area (Å²) in [6.07, 6.45) is 14.3. The van der Waals surface area contributed by atoms with Crippen LogP contribution >= 0.6 is 12.2 Å². The summed E-state index contributed by atoms with van der Waals surface area (Å²) in [5, 5.41) is 4.66. The Bertz CT molecular complexity index is 623. The molecule has 1 aromatic rings. The minimum absolute atomic E-state index is 0.523. The quantitative estimate of drug-likeness (QED) is 0.639. The maximum absolute atomic E-state index is 5.95. The molecule has 0 radical (unpaired) electrons. The fourth-order valence-electron chi connectivity index (χ4n) is 4.61. The molecule has 1 N–H and O–H groups in total. The maximum atomic E-state index is 5.95. The Balaban J connectivity index is 1.72. The van der Waals surface area contributed by atoms with Crippen LogP contribution in [0.2, 0.25) is 0 Å². The van der Waals surface area contributed by atoms with E-state index in [-0.39, 0.29) is 0 Å². The van der Waals surface area contributed by atoms with Crippen molar-refractivity contribution in [3.63, 3.8) is 0 Å². The third-order valence-electron chi connectivity index (χ3n) is 6.29. The number of benzene rings is 1. The highest BCUT2D eigenvalue weighted by molar-refractivity contribution is 7.80. The summed E-state index contributed by atoms with van der Waals surface area (Å²) < 4.78 is 11.0. The molecule has 0 unspecified atom stereocenters. The number of rotatable bonds is 6. The lowest BCUT2D eigenvalue weighted by Crippen LogP contribution is -2.48. The largest absolute Gasteiger partial charge is 0.497 e. The second kappa shape index (κ2) is 10.9. The van der Waals surface area contributed by atoms with Crippen molar-refractivity contribution in [3.05, 3.63) is 23.8 Å². The Hall–Kier alpha value is -1.49. The summed E-state index contributed by atoms with van der Waals surface area (Å²) in [4.78, 5) is 2.42. The third-order valence-corrected chi connectivity index (χ3v) is 6.65. The Kier molecular flexibility index (Phi) is 8.26. The van der Waals surface area contributed by atoms with E-state index in [1.807, 2.05) is 12.1 Å². The van der Waals surface area contributed by atoms with Gasteiger partial charge in [0, 0.05) is 30.3 Å². The highest BCUT2D eigenvalue weighted by Gasteiger charge is 2.27. The van der Waals surface area contributed by atoms with E-state index in [4.69, 9.17) is 21.7 Å². The van der Waals surface area contributed by atoms with E-state index in [1.54, 1.807) is 14.2 Å². The van der Waals surface area contributed by atoms with Crippen molar-refractivity contribution < 1.29 is 9.47 Å². The number of nitrogens with one attached hydrogen (secondary N) is 1. The van der Waals surface area contributed by atoms with Gasteiger partial charge in [-0.15, -0.1) is 0 Å². The first-order valence-corrected chi connectivity index (χ1v) is 11.4. The van der Waals surface area contributed by atoms with Crippen molar-refractivity contribution in [2.45, 2.75) is 89.3 Å². The molecule has 2 saturated carbocycles.